The zero-order valence-corrected chi connectivity index (χ0v) is 12.2. The molecule has 17 heavy (non-hydrogen) atoms. The van der Waals surface area contributed by atoms with Crippen LogP contribution in [0.15, 0.2) is 0 Å². The molecule has 0 aliphatic heterocycles. The van der Waals surface area contributed by atoms with Crippen molar-refractivity contribution < 1.29 is 8.42 Å². The van der Waals surface area contributed by atoms with Gasteiger partial charge >= 0.3 is 0 Å². The molecule has 0 saturated heterocycles. The molecule has 0 heterocycles. The van der Waals surface area contributed by atoms with Crippen molar-refractivity contribution in [3.05, 3.63) is 0 Å². The minimum atomic E-state index is -2.82. The van der Waals surface area contributed by atoms with Crippen molar-refractivity contribution in [1.82, 2.24) is 5.32 Å². The molecule has 1 aliphatic carbocycles. The van der Waals surface area contributed by atoms with Gasteiger partial charge in [-0.3, -0.25) is 0 Å². The van der Waals surface area contributed by atoms with Gasteiger partial charge in [0.15, 0.2) is 9.84 Å². The molecule has 0 bridgehead atoms. The van der Waals surface area contributed by atoms with Crippen LogP contribution in [0.25, 0.3) is 0 Å². The molecule has 1 aliphatic rings. The molecule has 0 aromatic rings. The lowest BCUT2D eigenvalue weighted by Gasteiger charge is -2.33. The number of nitrogens with one attached hydrogen (secondary N) is 1. The van der Waals surface area contributed by atoms with E-state index in [4.69, 9.17) is 0 Å². The average molecular weight is 261 g/mol. The van der Waals surface area contributed by atoms with Crippen molar-refractivity contribution in [2.24, 2.45) is 11.8 Å². The molecule has 3 unspecified atom stereocenters. The number of hydrogen-bond acceptors (Lipinski definition) is 3. The Balaban J connectivity index is 2.27. The van der Waals surface area contributed by atoms with Crippen molar-refractivity contribution in [1.29, 1.82) is 0 Å². The van der Waals surface area contributed by atoms with Gasteiger partial charge < -0.3 is 5.32 Å². The van der Waals surface area contributed by atoms with Gasteiger partial charge in [-0.15, -0.1) is 0 Å². The monoisotopic (exact) mass is 261 g/mol. The molecule has 3 nitrogen and oxygen atoms in total. The van der Waals surface area contributed by atoms with Gasteiger partial charge in [0.1, 0.15) is 0 Å². The van der Waals surface area contributed by atoms with Crippen LogP contribution < -0.4 is 5.32 Å². The fourth-order valence-electron chi connectivity index (χ4n) is 2.78. The average Bonchev–Trinajstić information content (AvgIpc) is 2.21. The highest BCUT2D eigenvalue weighted by Gasteiger charge is 2.24. The predicted octanol–water partition coefficient (Wildman–Crippen LogP) is 2.23. The molecule has 1 saturated carbocycles. The summed E-state index contributed by atoms with van der Waals surface area (Å²) in [5.74, 6) is 2.12. The molecule has 1 rings (SSSR count). The molecule has 0 radical (unpaired) electrons. The van der Waals surface area contributed by atoms with Crippen LogP contribution in [0.5, 0.6) is 0 Å². The summed E-state index contributed by atoms with van der Waals surface area (Å²) in [5, 5.41) is 3.43. The summed E-state index contributed by atoms with van der Waals surface area (Å²) in [4.78, 5) is 0. The second-order valence-corrected chi connectivity index (χ2v) is 7.91. The molecule has 0 amide bonds. The first kappa shape index (κ1) is 15.0. The van der Waals surface area contributed by atoms with Crippen LogP contribution in [0, 0.1) is 11.8 Å². The standard InChI is InChI=1S/C13H27NO2S/c1-4-8-17(15,16)9-7-14-13-6-5-11(2)10-12(13)3/h11-14H,4-10H2,1-3H3. The molecule has 0 aromatic heterocycles. The van der Waals surface area contributed by atoms with Crippen LogP contribution in [-0.4, -0.2) is 32.5 Å². The largest absolute Gasteiger partial charge is 0.313 e. The van der Waals surface area contributed by atoms with E-state index in [-0.39, 0.29) is 0 Å². The van der Waals surface area contributed by atoms with Crippen LogP contribution in [0.2, 0.25) is 0 Å². The Labute approximate surface area is 106 Å². The summed E-state index contributed by atoms with van der Waals surface area (Å²) in [6.07, 6.45) is 4.44. The lowest BCUT2D eigenvalue weighted by molar-refractivity contribution is 0.231. The minimum absolute atomic E-state index is 0.291. The zero-order chi connectivity index (χ0) is 12.9. The molecular formula is C13H27NO2S. The van der Waals surface area contributed by atoms with E-state index in [9.17, 15) is 8.42 Å². The van der Waals surface area contributed by atoms with Gasteiger partial charge in [-0.1, -0.05) is 20.8 Å². The van der Waals surface area contributed by atoms with Gasteiger partial charge in [-0.25, -0.2) is 8.42 Å². The van der Waals surface area contributed by atoms with E-state index < -0.39 is 9.84 Å². The summed E-state index contributed by atoms with van der Waals surface area (Å²) < 4.78 is 23.1. The van der Waals surface area contributed by atoms with Gasteiger partial charge in [0, 0.05) is 18.3 Å². The van der Waals surface area contributed by atoms with Crippen LogP contribution in [0.1, 0.15) is 46.5 Å². The Morgan fingerprint density at radius 2 is 1.88 bits per heavy atom. The van der Waals surface area contributed by atoms with Crippen LogP contribution >= 0.6 is 0 Å². The van der Waals surface area contributed by atoms with Crippen molar-refractivity contribution in [3.8, 4) is 0 Å². The van der Waals surface area contributed by atoms with Crippen molar-refractivity contribution in [3.63, 3.8) is 0 Å². The molecule has 4 heteroatoms. The van der Waals surface area contributed by atoms with E-state index in [0.717, 1.165) is 12.3 Å². The summed E-state index contributed by atoms with van der Waals surface area (Å²) in [7, 11) is -2.82. The van der Waals surface area contributed by atoms with E-state index in [0.29, 0.717) is 30.0 Å². The van der Waals surface area contributed by atoms with Crippen LogP contribution in [-0.2, 0) is 9.84 Å². The maximum Gasteiger partial charge on any atom is 0.151 e. The maximum absolute atomic E-state index is 11.6. The first-order chi connectivity index (χ1) is 7.94. The first-order valence-corrected chi connectivity index (χ1v) is 8.70. The number of rotatable bonds is 6. The molecule has 102 valence electrons. The normalized spacial score (nSPS) is 30.4. The third-order valence-corrected chi connectivity index (χ3v) is 5.62. The Bertz CT molecular complexity index is 313. The summed E-state index contributed by atoms with van der Waals surface area (Å²) in [5.41, 5.74) is 0. The second kappa shape index (κ2) is 6.74. The van der Waals surface area contributed by atoms with E-state index in [1.54, 1.807) is 0 Å². The van der Waals surface area contributed by atoms with E-state index >= 15 is 0 Å². The Kier molecular flexibility index (Phi) is 5.93. The van der Waals surface area contributed by atoms with Crippen molar-refractivity contribution >= 4 is 9.84 Å². The number of hydrogen-bond donors (Lipinski definition) is 1. The predicted molar refractivity (Wildman–Crippen MR) is 72.9 cm³/mol. The fourth-order valence-corrected chi connectivity index (χ4v) is 4.04. The fraction of sp³-hybridized carbons (Fsp3) is 1.00. The van der Waals surface area contributed by atoms with Gasteiger partial charge in [-0.2, -0.15) is 0 Å². The quantitative estimate of drug-likeness (QED) is 0.797. The topological polar surface area (TPSA) is 46.2 Å². The van der Waals surface area contributed by atoms with E-state index in [1.807, 2.05) is 6.92 Å². The molecule has 1 N–H and O–H groups in total. The second-order valence-electron chi connectivity index (χ2n) is 5.61. The van der Waals surface area contributed by atoms with E-state index in [2.05, 4.69) is 19.2 Å². The van der Waals surface area contributed by atoms with Gasteiger partial charge in [-0.05, 0) is 37.5 Å². The molecule has 0 spiro atoms. The molecular weight excluding hydrogens is 234 g/mol. The first-order valence-electron chi connectivity index (χ1n) is 6.88. The Morgan fingerprint density at radius 1 is 1.18 bits per heavy atom. The highest BCUT2D eigenvalue weighted by molar-refractivity contribution is 7.91. The van der Waals surface area contributed by atoms with Gasteiger partial charge in [0.25, 0.3) is 0 Å². The summed E-state index contributed by atoms with van der Waals surface area (Å²) in [6, 6.07) is 0.517. The number of sulfone groups is 1. The third kappa shape index (κ3) is 5.38. The zero-order valence-electron chi connectivity index (χ0n) is 11.4. The van der Waals surface area contributed by atoms with Crippen molar-refractivity contribution in [2.45, 2.75) is 52.5 Å². The van der Waals surface area contributed by atoms with Gasteiger partial charge in [0.2, 0.25) is 0 Å². The Morgan fingerprint density at radius 3 is 2.47 bits per heavy atom. The SMILES string of the molecule is CCCS(=O)(=O)CCNC1CCC(C)CC1C. The summed E-state index contributed by atoms with van der Waals surface area (Å²) in [6.45, 7) is 7.10. The molecule has 3 atom stereocenters. The van der Waals surface area contributed by atoms with Crippen LogP contribution in [0.4, 0.5) is 0 Å². The van der Waals surface area contributed by atoms with Crippen molar-refractivity contribution in [2.75, 3.05) is 18.1 Å². The van der Waals surface area contributed by atoms with Crippen LogP contribution in [0.3, 0.4) is 0 Å². The Hall–Kier alpha value is -0.0900. The molecule has 1 fully saturated rings. The maximum atomic E-state index is 11.6. The smallest absolute Gasteiger partial charge is 0.151 e. The minimum Gasteiger partial charge on any atom is -0.313 e. The summed E-state index contributed by atoms with van der Waals surface area (Å²) >= 11 is 0. The van der Waals surface area contributed by atoms with E-state index in [1.165, 1.54) is 19.3 Å². The van der Waals surface area contributed by atoms with Gasteiger partial charge in [0.05, 0.1) is 5.75 Å². The molecule has 0 aromatic carbocycles. The lowest BCUT2D eigenvalue weighted by Crippen LogP contribution is -2.41. The lowest BCUT2D eigenvalue weighted by atomic mass is 9.80. The third-order valence-electron chi connectivity index (χ3n) is 3.77. The highest BCUT2D eigenvalue weighted by atomic mass is 32.2. The highest BCUT2D eigenvalue weighted by Crippen LogP contribution is 2.28.